The van der Waals surface area contributed by atoms with Gasteiger partial charge in [0.2, 0.25) is 0 Å². The highest BCUT2D eigenvalue weighted by Crippen LogP contribution is 2.16. The molecule has 0 spiro atoms. The van der Waals surface area contributed by atoms with Gasteiger partial charge < -0.3 is 15.4 Å². The van der Waals surface area contributed by atoms with Crippen LogP contribution in [0.1, 0.15) is 52.4 Å². The molecule has 1 aliphatic carbocycles. The molecule has 0 saturated heterocycles. The molecule has 1 amide bonds. The van der Waals surface area contributed by atoms with Gasteiger partial charge in [0.25, 0.3) is 0 Å². The van der Waals surface area contributed by atoms with E-state index in [1.54, 1.807) is 0 Å². The standard InChI is InChI=1S/C14H28N2O2/c1-12(2)11-18-14(17)16-10-9-15-13-7-5-3-4-6-8-13/h12-13,15H,3-11H2,1-2H3,(H,16,17). The summed E-state index contributed by atoms with van der Waals surface area (Å²) in [6, 6.07) is 0.640. The van der Waals surface area contributed by atoms with Gasteiger partial charge in [-0.15, -0.1) is 0 Å². The lowest BCUT2D eigenvalue weighted by molar-refractivity contribution is 0.133. The van der Waals surface area contributed by atoms with E-state index < -0.39 is 0 Å². The molecule has 0 atom stereocenters. The van der Waals surface area contributed by atoms with E-state index in [1.807, 2.05) is 13.8 Å². The van der Waals surface area contributed by atoms with Crippen LogP contribution in [0.4, 0.5) is 4.79 Å². The number of nitrogens with one attached hydrogen (secondary N) is 2. The van der Waals surface area contributed by atoms with Gasteiger partial charge in [0.15, 0.2) is 0 Å². The van der Waals surface area contributed by atoms with Crippen LogP contribution in [-0.4, -0.2) is 31.8 Å². The van der Waals surface area contributed by atoms with Gasteiger partial charge in [-0.3, -0.25) is 0 Å². The SMILES string of the molecule is CC(C)COC(=O)NCCNC1CCCCCC1. The van der Waals surface area contributed by atoms with Gasteiger partial charge in [0, 0.05) is 19.1 Å². The van der Waals surface area contributed by atoms with Gasteiger partial charge in [-0.1, -0.05) is 39.5 Å². The summed E-state index contributed by atoms with van der Waals surface area (Å²) in [5, 5.41) is 6.28. The third kappa shape index (κ3) is 7.54. The summed E-state index contributed by atoms with van der Waals surface area (Å²) in [4.78, 5) is 11.3. The molecule has 0 radical (unpaired) electrons. The molecular formula is C14H28N2O2. The molecule has 0 aliphatic heterocycles. The summed E-state index contributed by atoms with van der Waals surface area (Å²) in [7, 11) is 0. The molecule has 0 aromatic carbocycles. The van der Waals surface area contributed by atoms with Gasteiger partial charge in [0.1, 0.15) is 0 Å². The van der Waals surface area contributed by atoms with E-state index in [2.05, 4.69) is 10.6 Å². The number of alkyl carbamates (subject to hydrolysis) is 1. The summed E-state index contributed by atoms with van der Waals surface area (Å²) < 4.78 is 5.04. The largest absolute Gasteiger partial charge is 0.449 e. The van der Waals surface area contributed by atoms with Gasteiger partial charge >= 0.3 is 6.09 Å². The van der Waals surface area contributed by atoms with Crippen LogP contribution in [0, 0.1) is 5.92 Å². The minimum absolute atomic E-state index is 0.300. The summed E-state index contributed by atoms with van der Waals surface area (Å²) in [6.07, 6.45) is 7.67. The number of carbonyl (C=O) groups excluding carboxylic acids is 1. The van der Waals surface area contributed by atoms with Crippen molar-refractivity contribution < 1.29 is 9.53 Å². The fraction of sp³-hybridized carbons (Fsp3) is 0.929. The Labute approximate surface area is 111 Å². The molecule has 1 rings (SSSR count). The Kier molecular flexibility index (Phi) is 7.81. The van der Waals surface area contributed by atoms with Crippen LogP contribution < -0.4 is 10.6 Å². The minimum atomic E-state index is -0.300. The summed E-state index contributed by atoms with van der Waals surface area (Å²) in [5.41, 5.74) is 0. The van der Waals surface area contributed by atoms with Crippen molar-refractivity contribution >= 4 is 6.09 Å². The Morgan fingerprint density at radius 1 is 1.17 bits per heavy atom. The van der Waals surface area contributed by atoms with Crippen molar-refractivity contribution in [2.75, 3.05) is 19.7 Å². The highest BCUT2D eigenvalue weighted by Gasteiger charge is 2.11. The van der Waals surface area contributed by atoms with Crippen molar-refractivity contribution in [3.05, 3.63) is 0 Å². The molecule has 4 heteroatoms. The van der Waals surface area contributed by atoms with Crippen molar-refractivity contribution in [1.82, 2.24) is 10.6 Å². The van der Waals surface area contributed by atoms with E-state index in [-0.39, 0.29) is 6.09 Å². The smallest absolute Gasteiger partial charge is 0.407 e. The molecule has 0 heterocycles. The van der Waals surface area contributed by atoms with E-state index in [4.69, 9.17) is 4.74 Å². The lowest BCUT2D eigenvalue weighted by Crippen LogP contribution is -2.37. The lowest BCUT2D eigenvalue weighted by atomic mass is 10.1. The molecule has 0 bridgehead atoms. The molecule has 1 saturated carbocycles. The predicted octanol–water partition coefficient (Wildman–Crippen LogP) is 2.68. The van der Waals surface area contributed by atoms with Gasteiger partial charge in [0.05, 0.1) is 6.61 Å². The van der Waals surface area contributed by atoms with Crippen molar-refractivity contribution in [2.45, 2.75) is 58.4 Å². The van der Waals surface area contributed by atoms with E-state index in [0.29, 0.717) is 25.1 Å². The van der Waals surface area contributed by atoms with Crippen molar-refractivity contribution in [2.24, 2.45) is 5.92 Å². The Balaban J connectivity index is 1.98. The maximum absolute atomic E-state index is 11.3. The molecule has 1 fully saturated rings. The second-order valence-corrected chi connectivity index (χ2v) is 5.56. The highest BCUT2D eigenvalue weighted by molar-refractivity contribution is 5.67. The summed E-state index contributed by atoms with van der Waals surface area (Å²) >= 11 is 0. The highest BCUT2D eigenvalue weighted by atomic mass is 16.5. The lowest BCUT2D eigenvalue weighted by Gasteiger charge is -2.16. The zero-order chi connectivity index (χ0) is 13.2. The molecule has 0 unspecified atom stereocenters. The summed E-state index contributed by atoms with van der Waals surface area (Å²) in [5.74, 6) is 0.389. The molecule has 2 N–H and O–H groups in total. The molecule has 18 heavy (non-hydrogen) atoms. The average molecular weight is 256 g/mol. The quantitative estimate of drug-likeness (QED) is 0.567. The zero-order valence-electron chi connectivity index (χ0n) is 11.8. The Hall–Kier alpha value is -0.770. The Bertz CT molecular complexity index is 224. The van der Waals surface area contributed by atoms with Crippen LogP contribution in [0.25, 0.3) is 0 Å². The van der Waals surface area contributed by atoms with E-state index >= 15 is 0 Å². The number of carbonyl (C=O) groups is 1. The molecule has 1 aliphatic rings. The van der Waals surface area contributed by atoms with Crippen molar-refractivity contribution in [1.29, 1.82) is 0 Å². The third-order valence-corrected chi connectivity index (χ3v) is 3.23. The molecule has 0 aromatic heterocycles. The van der Waals surface area contributed by atoms with Crippen LogP contribution in [0.2, 0.25) is 0 Å². The van der Waals surface area contributed by atoms with Gasteiger partial charge in [-0.25, -0.2) is 4.79 Å². The minimum Gasteiger partial charge on any atom is -0.449 e. The molecule has 4 nitrogen and oxygen atoms in total. The van der Waals surface area contributed by atoms with Crippen molar-refractivity contribution in [3.63, 3.8) is 0 Å². The number of hydrogen-bond acceptors (Lipinski definition) is 3. The number of amides is 1. The van der Waals surface area contributed by atoms with Crippen LogP contribution in [-0.2, 0) is 4.74 Å². The number of rotatable bonds is 6. The molecule has 106 valence electrons. The van der Waals surface area contributed by atoms with Crippen LogP contribution in [0.15, 0.2) is 0 Å². The van der Waals surface area contributed by atoms with Gasteiger partial charge in [-0.05, 0) is 18.8 Å². The monoisotopic (exact) mass is 256 g/mol. The second kappa shape index (κ2) is 9.20. The van der Waals surface area contributed by atoms with Gasteiger partial charge in [-0.2, -0.15) is 0 Å². The normalized spacial score (nSPS) is 17.5. The predicted molar refractivity (Wildman–Crippen MR) is 73.7 cm³/mol. The maximum atomic E-state index is 11.3. The Morgan fingerprint density at radius 3 is 2.44 bits per heavy atom. The van der Waals surface area contributed by atoms with Crippen LogP contribution >= 0.6 is 0 Å². The van der Waals surface area contributed by atoms with Crippen LogP contribution in [0.3, 0.4) is 0 Å². The first kappa shape index (κ1) is 15.3. The fourth-order valence-corrected chi connectivity index (χ4v) is 2.22. The average Bonchev–Trinajstić information content (AvgIpc) is 2.60. The third-order valence-electron chi connectivity index (χ3n) is 3.23. The number of ether oxygens (including phenoxy) is 1. The zero-order valence-corrected chi connectivity index (χ0v) is 11.8. The number of hydrogen-bond donors (Lipinski definition) is 2. The molecular weight excluding hydrogens is 228 g/mol. The van der Waals surface area contributed by atoms with E-state index in [1.165, 1.54) is 38.5 Å². The first-order valence-electron chi connectivity index (χ1n) is 7.32. The first-order chi connectivity index (χ1) is 8.68. The fourth-order valence-electron chi connectivity index (χ4n) is 2.22. The van der Waals surface area contributed by atoms with E-state index in [0.717, 1.165) is 6.54 Å². The summed E-state index contributed by atoms with van der Waals surface area (Å²) in [6.45, 7) is 6.03. The first-order valence-corrected chi connectivity index (χ1v) is 7.32. The topological polar surface area (TPSA) is 50.4 Å². The van der Waals surface area contributed by atoms with Crippen molar-refractivity contribution in [3.8, 4) is 0 Å². The Morgan fingerprint density at radius 2 is 1.83 bits per heavy atom. The maximum Gasteiger partial charge on any atom is 0.407 e. The van der Waals surface area contributed by atoms with E-state index in [9.17, 15) is 4.79 Å². The van der Waals surface area contributed by atoms with Crippen LogP contribution in [0.5, 0.6) is 0 Å². The molecule has 0 aromatic rings. The second-order valence-electron chi connectivity index (χ2n) is 5.56.